The third-order valence-electron chi connectivity index (χ3n) is 5.34. The first-order valence-electron chi connectivity index (χ1n) is 12.1. The van der Waals surface area contributed by atoms with Crippen LogP contribution in [-0.4, -0.2) is 50.6 Å². The molecule has 1 aromatic carbocycles. The molecule has 2 amide bonds. The number of hydrogen-bond acceptors (Lipinski definition) is 11. The van der Waals surface area contributed by atoms with Crippen molar-refractivity contribution >= 4 is 18.0 Å². The number of amides is 2. The summed E-state index contributed by atoms with van der Waals surface area (Å²) in [6.45, 7) is 7.52. The predicted octanol–water partition coefficient (Wildman–Crippen LogP) is 2.10. The van der Waals surface area contributed by atoms with Crippen LogP contribution in [0.2, 0.25) is 0 Å². The topological polar surface area (TPSA) is 177 Å². The molecule has 3 aromatic rings. The van der Waals surface area contributed by atoms with E-state index in [0.717, 1.165) is 4.57 Å². The fraction of sp³-hybridized carbons (Fsp3) is 0.400. The van der Waals surface area contributed by atoms with Crippen molar-refractivity contribution in [1.82, 2.24) is 30.4 Å². The Kier molecular flexibility index (Phi) is 9.19. The van der Waals surface area contributed by atoms with Crippen molar-refractivity contribution in [2.75, 3.05) is 6.61 Å². The van der Waals surface area contributed by atoms with E-state index in [-0.39, 0.29) is 30.8 Å². The zero-order chi connectivity index (χ0) is 29.6. The maximum absolute atomic E-state index is 13.4. The average Bonchev–Trinajstić information content (AvgIpc) is 3.32. The van der Waals surface area contributed by atoms with E-state index < -0.39 is 52.6 Å². The van der Waals surface area contributed by atoms with Gasteiger partial charge in [0.15, 0.2) is 5.69 Å². The number of halogens is 1. The molecule has 15 heteroatoms. The lowest BCUT2D eigenvalue weighted by atomic mass is 10.0. The van der Waals surface area contributed by atoms with Gasteiger partial charge in [0, 0.05) is 27.4 Å². The SMILES string of the molecule is CCOC(=O)O[C@@H](C)Oc1c(C(=O)NCc2ccc(F)cc2)nc(C(C)(C)NC(=O)c2nnc(C)o2)n(C)c1=O. The summed E-state index contributed by atoms with van der Waals surface area (Å²) < 4.78 is 34.7. The standard InChI is InChI=1S/C25H29FN6O8/c1-7-37-24(36)40-14(3)39-18-17(19(33)27-12-15-8-10-16(26)11-9-15)28-23(32(6)22(18)35)25(4,5)29-20(34)21-31-30-13(2)38-21/h8-11,14H,7,12H2,1-6H3,(H,27,33)(H,29,34)/t14-/m0/s1. The van der Waals surface area contributed by atoms with Crippen LogP contribution in [0.5, 0.6) is 5.75 Å². The minimum atomic E-state index is -1.34. The summed E-state index contributed by atoms with van der Waals surface area (Å²) >= 11 is 0. The van der Waals surface area contributed by atoms with E-state index in [1.807, 2.05) is 0 Å². The molecule has 2 N–H and O–H groups in total. The molecule has 0 unspecified atom stereocenters. The number of nitrogens with one attached hydrogen (secondary N) is 2. The fourth-order valence-corrected chi connectivity index (χ4v) is 3.53. The summed E-state index contributed by atoms with van der Waals surface area (Å²) in [7, 11) is 1.36. The number of rotatable bonds is 10. The Balaban J connectivity index is 1.99. The highest BCUT2D eigenvalue weighted by molar-refractivity contribution is 5.95. The fourth-order valence-electron chi connectivity index (χ4n) is 3.53. The molecule has 0 radical (unpaired) electrons. The molecule has 1 atom stereocenters. The quantitative estimate of drug-likeness (QED) is 0.274. The van der Waals surface area contributed by atoms with Crippen molar-refractivity contribution < 1.29 is 37.4 Å². The molecule has 0 aliphatic heterocycles. The molecule has 3 rings (SSSR count). The summed E-state index contributed by atoms with van der Waals surface area (Å²) in [5.74, 6) is -2.68. The summed E-state index contributed by atoms with van der Waals surface area (Å²) in [5, 5.41) is 12.5. The van der Waals surface area contributed by atoms with Crippen molar-refractivity contribution in [1.29, 1.82) is 0 Å². The smallest absolute Gasteiger partial charge is 0.447 e. The molecule has 2 heterocycles. The molecule has 14 nitrogen and oxygen atoms in total. The molecule has 0 saturated heterocycles. The van der Waals surface area contributed by atoms with Crippen LogP contribution in [-0.2, 0) is 28.6 Å². The van der Waals surface area contributed by atoms with E-state index in [2.05, 4.69) is 25.8 Å². The van der Waals surface area contributed by atoms with Crippen LogP contribution in [0.1, 0.15) is 66.1 Å². The van der Waals surface area contributed by atoms with Crippen LogP contribution in [0, 0.1) is 12.7 Å². The van der Waals surface area contributed by atoms with Crippen LogP contribution in [0.4, 0.5) is 9.18 Å². The van der Waals surface area contributed by atoms with Gasteiger partial charge in [-0.1, -0.05) is 12.1 Å². The second-order valence-corrected chi connectivity index (χ2v) is 8.98. The number of aryl methyl sites for hydroxylation is 1. The molecule has 214 valence electrons. The van der Waals surface area contributed by atoms with Crippen molar-refractivity contribution in [3.63, 3.8) is 0 Å². The highest BCUT2D eigenvalue weighted by Crippen LogP contribution is 2.22. The summed E-state index contributed by atoms with van der Waals surface area (Å²) in [6, 6.07) is 5.41. The van der Waals surface area contributed by atoms with Gasteiger partial charge in [-0.3, -0.25) is 19.0 Å². The van der Waals surface area contributed by atoms with Gasteiger partial charge in [0.05, 0.1) is 12.1 Å². The van der Waals surface area contributed by atoms with Gasteiger partial charge >= 0.3 is 18.0 Å². The monoisotopic (exact) mass is 560 g/mol. The number of carbonyl (C=O) groups excluding carboxylic acids is 3. The normalized spacial score (nSPS) is 11.9. The van der Waals surface area contributed by atoms with E-state index in [4.69, 9.17) is 18.6 Å². The van der Waals surface area contributed by atoms with Gasteiger partial charge in [-0.2, -0.15) is 0 Å². The molecule has 40 heavy (non-hydrogen) atoms. The van der Waals surface area contributed by atoms with Crippen LogP contribution in [0.15, 0.2) is 33.5 Å². The lowest BCUT2D eigenvalue weighted by molar-refractivity contribution is -0.0531. The molecule has 2 aromatic heterocycles. The molecule has 0 bridgehead atoms. The Morgan fingerprint density at radius 1 is 1.15 bits per heavy atom. The maximum atomic E-state index is 13.4. The van der Waals surface area contributed by atoms with Crippen LogP contribution in [0.3, 0.4) is 0 Å². The summed E-state index contributed by atoms with van der Waals surface area (Å²) in [6.07, 6.45) is -2.38. The van der Waals surface area contributed by atoms with Crippen molar-refractivity contribution in [3.8, 4) is 5.75 Å². The second kappa shape index (κ2) is 12.4. The Morgan fingerprint density at radius 2 is 1.82 bits per heavy atom. The number of ether oxygens (including phenoxy) is 3. The van der Waals surface area contributed by atoms with Crippen molar-refractivity contribution in [3.05, 3.63) is 69.3 Å². The number of nitrogens with zero attached hydrogens (tertiary/aromatic N) is 4. The van der Waals surface area contributed by atoms with Gasteiger partial charge in [0.1, 0.15) is 11.6 Å². The number of hydrogen-bond donors (Lipinski definition) is 2. The van der Waals surface area contributed by atoms with Gasteiger partial charge in [0.25, 0.3) is 11.5 Å². The van der Waals surface area contributed by atoms with Gasteiger partial charge in [-0.15, -0.1) is 10.2 Å². The molecular weight excluding hydrogens is 531 g/mol. The first-order chi connectivity index (χ1) is 18.8. The van der Waals surface area contributed by atoms with Crippen LogP contribution >= 0.6 is 0 Å². The van der Waals surface area contributed by atoms with Gasteiger partial charge in [0.2, 0.25) is 17.9 Å². The average molecular weight is 561 g/mol. The van der Waals surface area contributed by atoms with E-state index >= 15 is 0 Å². The molecule has 0 fully saturated rings. The molecule has 0 aliphatic carbocycles. The largest absolute Gasteiger partial charge is 0.511 e. The molecular formula is C25H29FN6O8. The third-order valence-corrected chi connectivity index (χ3v) is 5.34. The molecule has 0 saturated carbocycles. The number of benzene rings is 1. The van der Waals surface area contributed by atoms with E-state index in [1.54, 1.807) is 20.8 Å². The minimum absolute atomic E-state index is 0.0275. The van der Waals surface area contributed by atoms with Crippen molar-refractivity contribution in [2.24, 2.45) is 7.05 Å². The highest BCUT2D eigenvalue weighted by Gasteiger charge is 2.34. The Bertz CT molecular complexity index is 1450. The first-order valence-corrected chi connectivity index (χ1v) is 12.1. The number of aromatic nitrogens is 4. The lowest BCUT2D eigenvalue weighted by Gasteiger charge is -2.28. The zero-order valence-corrected chi connectivity index (χ0v) is 22.7. The van der Waals surface area contributed by atoms with E-state index in [1.165, 1.54) is 45.2 Å². The van der Waals surface area contributed by atoms with Gasteiger partial charge < -0.3 is 29.3 Å². The minimum Gasteiger partial charge on any atom is -0.447 e. The number of carbonyl (C=O) groups is 3. The Morgan fingerprint density at radius 3 is 2.42 bits per heavy atom. The molecule has 0 spiro atoms. The third kappa shape index (κ3) is 7.18. The zero-order valence-electron chi connectivity index (χ0n) is 22.7. The first kappa shape index (κ1) is 29.7. The van der Waals surface area contributed by atoms with Crippen LogP contribution < -0.4 is 20.9 Å². The van der Waals surface area contributed by atoms with Crippen LogP contribution in [0.25, 0.3) is 0 Å². The Labute approximate surface area is 227 Å². The van der Waals surface area contributed by atoms with E-state index in [9.17, 15) is 23.6 Å². The maximum Gasteiger partial charge on any atom is 0.511 e. The highest BCUT2D eigenvalue weighted by atomic mass is 19.1. The van der Waals surface area contributed by atoms with Crippen molar-refractivity contribution in [2.45, 2.75) is 53.0 Å². The predicted molar refractivity (Wildman–Crippen MR) is 135 cm³/mol. The Hall–Kier alpha value is -4.82. The second-order valence-electron chi connectivity index (χ2n) is 8.98. The van der Waals surface area contributed by atoms with E-state index in [0.29, 0.717) is 5.56 Å². The van der Waals surface area contributed by atoms with Gasteiger partial charge in [-0.25, -0.2) is 14.2 Å². The summed E-state index contributed by atoms with van der Waals surface area (Å²) in [4.78, 5) is 55.5. The molecule has 0 aliphatic rings. The lowest BCUT2D eigenvalue weighted by Crippen LogP contribution is -2.46. The summed E-state index contributed by atoms with van der Waals surface area (Å²) in [5.41, 5.74) is -2.03. The van der Waals surface area contributed by atoms with Gasteiger partial charge in [-0.05, 0) is 38.5 Å².